The molecule has 5 rings (SSSR count). The standard InChI is InChI=1S/C25H29FN4O4/c26-17-9-7-16(8-10-17)13-27-24(33)19-14-28-15-20-29(18-5-2-1-3-6-18)11-4-12-30(20)25(34)21(28)23(32)22(19)31/h7-10,14,18,20,32H,1-6,11-13,15H2,(H,27,33). The van der Waals surface area contributed by atoms with Crippen LogP contribution < -0.4 is 10.7 Å². The van der Waals surface area contributed by atoms with Crippen molar-refractivity contribution < 1.29 is 19.1 Å². The van der Waals surface area contributed by atoms with Crippen LogP contribution in [0.2, 0.25) is 0 Å². The number of nitrogens with zero attached hydrogens (tertiary/aromatic N) is 3. The van der Waals surface area contributed by atoms with Crippen molar-refractivity contribution in [1.29, 1.82) is 0 Å². The fourth-order valence-corrected chi connectivity index (χ4v) is 5.55. The summed E-state index contributed by atoms with van der Waals surface area (Å²) in [4.78, 5) is 43.1. The summed E-state index contributed by atoms with van der Waals surface area (Å²) >= 11 is 0. The van der Waals surface area contributed by atoms with Crippen LogP contribution >= 0.6 is 0 Å². The Labute approximate surface area is 197 Å². The fraction of sp³-hybridized carbons (Fsp3) is 0.480. The molecule has 1 saturated carbocycles. The number of amides is 2. The number of hydrogen-bond acceptors (Lipinski definition) is 5. The molecule has 9 heteroatoms. The second kappa shape index (κ2) is 9.21. The predicted molar refractivity (Wildman–Crippen MR) is 123 cm³/mol. The molecule has 0 bridgehead atoms. The number of aromatic hydroxyl groups is 1. The minimum atomic E-state index is -0.865. The van der Waals surface area contributed by atoms with Crippen molar-refractivity contribution in [3.8, 4) is 5.75 Å². The molecule has 1 unspecified atom stereocenters. The molecule has 3 aliphatic rings. The van der Waals surface area contributed by atoms with Crippen LogP contribution in [0.25, 0.3) is 0 Å². The minimum absolute atomic E-state index is 0.0539. The smallest absolute Gasteiger partial charge is 0.275 e. The van der Waals surface area contributed by atoms with E-state index in [4.69, 9.17) is 0 Å². The monoisotopic (exact) mass is 468 g/mol. The molecule has 8 nitrogen and oxygen atoms in total. The van der Waals surface area contributed by atoms with E-state index in [-0.39, 0.29) is 35.7 Å². The molecule has 2 aromatic rings. The van der Waals surface area contributed by atoms with Gasteiger partial charge in [0.05, 0.1) is 6.54 Å². The molecule has 1 aliphatic carbocycles. The van der Waals surface area contributed by atoms with Gasteiger partial charge in [-0.25, -0.2) is 4.39 Å². The van der Waals surface area contributed by atoms with Crippen LogP contribution in [0.4, 0.5) is 4.39 Å². The summed E-state index contributed by atoms with van der Waals surface area (Å²) in [6.07, 6.45) is 7.91. The van der Waals surface area contributed by atoms with Gasteiger partial charge in [0, 0.05) is 31.9 Å². The average molecular weight is 469 g/mol. The Balaban J connectivity index is 1.42. The maximum atomic E-state index is 13.3. The van der Waals surface area contributed by atoms with Gasteiger partial charge < -0.3 is 19.9 Å². The van der Waals surface area contributed by atoms with E-state index in [2.05, 4.69) is 10.2 Å². The summed E-state index contributed by atoms with van der Waals surface area (Å²) in [5, 5.41) is 13.3. The maximum Gasteiger partial charge on any atom is 0.275 e. The van der Waals surface area contributed by atoms with Crippen molar-refractivity contribution in [1.82, 2.24) is 19.7 Å². The van der Waals surface area contributed by atoms with Crippen molar-refractivity contribution in [2.75, 3.05) is 13.1 Å². The molecule has 1 aromatic heterocycles. The van der Waals surface area contributed by atoms with Gasteiger partial charge in [0.1, 0.15) is 17.5 Å². The number of hydrogen-bond donors (Lipinski definition) is 2. The van der Waals surface area contributed by atoms with Gasteiger partial charge in [0.15, 0.2) is 11.4 Å². The van der Waals surface area contributed by atoms with Crippen molar-refractivity contribution in [2.45, 2.75) is 63.8 Å². The lowest BCUT2D eigenvalue weighted by Gasteiger charge is -2.50. The first-order valence-electron chi connectivity index (χ1n) is 12.0. The largest absolute Gasteiger partial charge is 0.503 e. The molecule has 180 valence electrons. The van der Waals surface area contributed by atoms with Gasteiger partial charge in [-0.15, -0.1) is 0 Å². The Morgan fingerprint density at radius 1 is 1.06 bits per heavy atom. The number of aromatic nitrogens is 1. The highest BCUT2D eigenvalue weighted by Gasteiger charge is 2.42. The zero-order chi connectivity index (χ0) is 23.8. The molecule has 3 heterocycles. The van der Waals surface area contributed by atoms with Gasteiger partial charge in [-0.2, -0.15) is 0 Å². The Kier molecular flexibility index (Phi) is 6.12. The van der Waals surface area contributed by atoms with Crippen LogP contribution in [0.3, 0.4) is 0 Å². The molecule has 2 aliphatic heterocycles. The molecule has 1 saturated heterocycles. The third-order valence-electron chi connectivity index (χ3n) is 7.29. The van der Waals surface area contributed by atoms with Gasteiger partial charge in [-0.3, -0.25) is 19.3 Å². The van der Waals surface area contributed by atoms with Gasteiger partial charge in [-0.1, -0.05) is 31.4 Å². The van der Waals surface area contributed by atoms with Crippen molar-refractivity contribution in [2.24, 2.45) is 0 Å². The second-order valence-electron chi connectivity index (χ2n) is 9.39. The summed E-state index contributed by atoms with van der Waals surface area (Å²) in [5.74, 6) is -2.09. The lowest BCUT2D eigenvalue weighted by Crippen LogP contribution is -2.63. The SMILES string of the molecule is O=C(NCc1ccc(F)cc1)c1cn2c(c(O)c1=O)C(=O)N1CCCN(C3CCCCC3)C1C2. The molecular formula is C25H29FN4O4. The number of carbonyl (C=O) groups is 2. The van der Waals surface area contributed by atoms with Gasteiger partial charge >= 0.3 is 0 Å². The highest BCUT2D eigenvalue weighted by atomic mass is 19.1. The summed E-state index contributed by atoms with van der Waals surface area (Å²) < 4.78 is 14.7. The third-order valence-corrected chi connectivity index (χ3v) is 7.29. The number of benzene rings is 1. The quantitative estimate of drug-likeness (QED) is 0.719. The van der Waals surface area contributed by atoms with Crippen molar-refractivity contribution in [3.05, 3.63) is 63.3 Å². The van der Waals surface area contributed by atoms with Crippen LogP contribution in [0.5, 0.6) is 5.75 Å². The molecule has 34 heavy (non-hydrogen) atoms. The summed E-state index contributed by atoms with van der Waals surface area (Å²) in [6.45, 7) is 1.99. The van der Waals surface area contributed by atoms with Gasteiger partial charge in [0.2, 0.25) is 5.43 Å². The molecular weight excluding hydrogens is 439 g/mol. The summed E-state index contributed by atoms with van der Waals surface area (Å²) in [7, 11) is 0. The van der Waals surface area contributed by atoms with Crippen LogP contribution in [-0.2, 0) is 13.1 Å². The number of rotatable bonds is 4. The molecule has 0 spiro atoms. The lowest BCUT2D eigenvalue weighted by atomic mass is 9.92. The van der Waals surface area contributed by atoms with Crippen LogP contribution in [0.15, 0.2) is 35.3 Å². The molecule has 0 radical (unpaired) electrons. The third kappa shape index (κ3) is 4.09. The number of halogens is 1. The number of carbonyl (C=O) groups excluding carboxylic acids is 2. The Bertz CT molecular complexity index is 1160. The van der Waals surface area contributed by atoms with E-state index >= 15 is 0 Å². The highest BCUT2D eigenvalue weighted by molar-refractivity contribution is 5.99. The molecule has 2 N–H and O–H groups in total. The molecule has 2 fully saturated rings. The van der Waals surface area contributed by atoms with Crippen LogP contribution in [0, 0.1) is 5.82 Å². The molecule has 1 atom stereocenters. The van der Waals surface area contributed by atoms with Crippen LogP contribution in [-0.4, -0.2) is 56.6 Å². The predicted octanol–water partition coefficient (Wildman–Crippen LogP) is 2.44. The average Bonchev–Trinajstić information content (AvgIpc) is 2.86. The van der Waals surface area contributed by atoms with E-state index in [0.29, 0.717) is 24.7 Å². The van der Waals surface area contributed by atoms with Crippen molar-refractivity contribution in [3.63, 3.8) is 0 Å². The summed E-state index contributed by atoms with van der Waals surface area (Å²) in [6, 6.07) is 6.09. The van der Waals surface area contributed by atoms with E-state index in [9.17, 15) is 23.9 Å². The number of nitrogens with one attached hydrogen (secondary N) is 1. The van der Waals surface area contributed by atoms with Gasteiger partial charge in [-0.05, 0) is 37.0 Å². The first kappa shape index (κ1) is 22.6. The zero-order valence-electron chi connectivity index (χ0n) is 19.0. The first-order chi connectivity index (χ1) is 16.4. The number of pyridine rings is 1. The number of fused-ring (bicyclic) bond motifs is 2. The van der Waals surface area contributed by atoms with Crippen LogP contribution in [0.1, 0.15) is 64.9 Å². The second-order valence-corrected chi connectivity index (χ2v) is 9.39. The molecule has 2 amide bonds. The topological polar surface area (TPSA) is 94.9 Å². The van der Waals surface area contributed by atoms with E-state index in [0.717, 1.165) is 25.8 Å². The molecule has 1 aromatic carbocycles. The fourth-order valence-electron chi connectivity index (χ4n) is 5.55. The normalized spacial score (nSPS) is 21.1. The summed E-state index contributed by atoms with van der Waals surface area (Å²) in [5.41, 5.74) is -0.463. The Hall–Kier alpha value is -3.20. The van der Waals surface area contributed by atoms with E-state index < -0.39 is 17.1 Å². The Morgan fingerprint density at radius 2 is 1.79 bits per heavy atom. The van der Waals surface area contributed by atoms with E-state index in [1.807, 2.05) is 0 Å². The highest BCUT2D eigenvalue weighted by Crippen LogP contribution is 2.32. The van der Waals surface area contributed by atoms with Gasteiger partial charge in [0.25, 0.3) is 11.8 Å². The minimum Gasteiger partial charge on any atom is -0.503 e. The van der Waals surface area contributed by atoms with E-state index in [1.54, 1.807) is 21.6 Å². The maximum absolute atomic E-state index is 13.3. The van der Waals surface area contributed by atoms with Crippen molar-refractivity contribution >= 4 is 11.8 Å². The first-order valence-corrected chi connectivity index (χ1v) is 12.0. The lowest BCUT2D eigenvalue weighted by molar-refractivity contribution is -0.0375. The van der Waals surface area contributed by atoms with E-state index in [1.165, 1.54) is 37.6 Å². The Morgan fingerprint density at radius 3 is 2.53 bits per heavy atom. The zero-order valence-corrected chi connectivity index (χ0v) is 19.0.